The standard InChI is InChI=1S/C14H11F2NS2/c1-17-14(8-3-2-4-9(15)13(8)16)12-7-11-10(19-12)5-6-18-11/h2-7,14,17H,1H3. The molecule has 0 saturated heterocycles. The van der Waals surface area contributed by atoms with Crippen LogP contribution in [-0.2, 0) is 0 Å². The lowest BCUT2D eigenvalue weighted by Crippen LogP contribution is -2.18. The molecule has 0 spiro atoms. The molecule has 0 saturated carbocycles. The van der Waals surface area contributed by atoms with Crippen molar-refractivity contribution in [3.05, 3.63) is 57.8 Å². The molecular formula is C14H11F2NS2. The van der Waals surface area contributed by atoms with Crippen molar-refractivity contribution in [3.63, 3.8) is 0 Å². The minimum atomic E-state index is -0.809. The molecule has 0 aliphatic heterocycles. The highest BCUT2D eigenvalue weighted by atomic mass is 32.1. The molecule has 3 aromatic rings. The smallest absolute Gasteiger partial charge is 0.163 e. The van der Waals surface area contributed by atoms with E-state index in [2.05, 4.69) is 5.32 Å². The van der Waals surface area contributed by atoms with Gasteiger partial charge in [-0.2, -0.15) is 0 Å². The average Bonchev–Trinajstić information content (AvgIpc) is 2.96. The van der Waals surface area contributed by atoms with Crippen LogP contribution in [0.1, 0.15) is 16.5 Å². The van der Waals surface area contributed by atoms with Gasteiger partial charge in [-0.25, -0.2) is 8.78 Å². The third kappa shape index (κ3) is 2.18. The summed E-state index contributed by atoms with van der Waals surface area (Å²) in [5, 5.41) is 5.09. The van der Waals surface area contributed by atoms with Crippen LogP contribution in [0.3, 0.4) is 0 Å². The summed E-state index contributed by atoms with van der Waals surface area (Å²) in [4.78, 5) is 0.994. The number of hydrogen-bond acceptors (Lipinski definition) is 3. The molecule has 1 nitrogen and oxygen atoms in total. The van der Waals surface area contributed by atoms with Gasteiger partial charge in [-0.05, 0) is 30.6 Å². The van der Waals surface area contributed by atoms with Gasteiger partial charge in [0.05, 0.1) is 6.04 Å². The first-order valence-corrected chi connectivity index (χ1v) is 7.48. The van der Waals surface area contributed by atoms with Gasteiger partial charge in [0.25, 0.3) is 0 Å². The van der Waals surface area contributed by atoms with Gasteiger partial charge in [0.1, 0.15) is 0 Å². The number of fused-ring (bicyclic) bond motifs is 1. The Morgan fingerprint density at radius 1 is 1.16 bits per heavy atom. The van der Waals surface area contributed by atoms with Gasteiger partial charge in [0.15, 0.2) is 11.6 Å². The SMILES string of the molecule is CNC(c1cc2sccc2s1)c1cccc(F)c1F. The molecule has 0 aliphatic carbocycles. The van der Waals surface area contributed by atoms with Gasteiger partial charge in [0, 0.05) is 19.8 Å². The van der Waals surface area contributed by atoms with Crippen LogP contribution in [0, 0.1) is 11.6 Å². The fraction of sp³-hybridized carbons (Fsp3) is 0.143. The molecule has 0 aliphatic rings. The highest BCUT2D eigenvalue weighted by Gasteiger charge is 2.20. The second-order valence-corrected chi connectivity index (χ2v) is 6.23. The zero-order chi connectivity index (χ0) is 13.4. The van der Waals surface area contributed by atoms with Gasteiger partial charge < -0.3 is 5.32 Å². The lowest BCUT2D eigenvalue weighted by molar-refractivity contribution is 0.488. The quantitative estimate of drug-likeness (QED) is 0.747. The Balaban J connectivity index is 2.09. The molecule has 1 N–H and O–H groups in total. The first kappa shape index (κ1) is 12.7. The number of halogens is 2. The normalized spacial score (nSPS) is 13.0. The summed E-state index contributed by atoms with van der Waals surface area (Å²) in [5.41, 5.74) is 0.344. The van der Waals surface area contributed by atoms with Crippen LogP contribution in [0.5, 0.6) is 0 Å². The maximum absolute atomic E-state index is 13.9. The molecule has 1 aromatic carbocycles. The fourth-order valence-corrected chi connectivity index (χ4v) is 4.37. The van der Waals surface area contributed by atoms with Crippen LogP contribution >= 0.6 is 22.7 Å². The molecule has 3 rings (SSSR count). The van der Waals surface area contributed by atoms with E-state index in [1.165, 1.54) is 15.5 Å². The van der Waals surface area contributed by atoms with Crippen molar-refractivity contribution in [2.75, 3.05) is 7.05 Å². The molecule has 0 fully saturated rings. The molecule has 5 heteroatoms. The monoisotopic (exact) mass is 295 g/mol. The first-order valence-electron chi connectivity index (χ1n) is 5.79. The molecule has 19 heavy (non-hydrogen) atoms. The zero-order valence-electron chi connectivity index (χ0n) is 10.1. The Kier molecular flexibility index (Phi) is 3.35. The highest BCUT2D eigenvalue weighted by Crippen LogP contribution is 2.36. The second kappa shape index (κ2) is 5.00. The Morgan fingerprint density at radius 2 is 2.00 bits per heavy atom. The number of benzene rings is 1. The predicted molar refractivity (Wildman–Crippen MR) is 77.0 cm³/mol. The summed E-state index contributed by atoms with van der Waals surface area (Å²) < 4.78 is 29.6. The van der Waals surface area contributed by atoms with Crippen molar-refractivity contribution in [1.29, 1.82) is 0 Å². The van der Waals surface area contributed by atoms with E-state index in [-0.39, 0.29) is 6.04 Å². The van der Waals surface area contributed by atoms with E-state index >= 15 is 0 Å². The van der Waals surface area contributed by atoms with E-state index in [1.807, 2.05) is 17.5 Å². The third-order valence-electron chi connectivity index (χ3n) is 3.02. The van der Waals surface area contributed by atoms with Crippen LogP contribution in [0.15, 0.2) is 35.7 Å². The largest absolute Gasteiger partial charge is 0.309 e. The fourth-order valence-electron chi connectivity index (χ4n) is 2.12. The maximum atomic E-state index is 13.9. The van der Waals surface area contributed by atoms with E-state index in [4.69, 9.17) is 0 Å². The first-order chi connectivity index (χ1) is 9.20. The minimum absolute atomic E-state index is 0.319. The number of thiophene rings is 2. The molecule has 1 atom stereocenters. The molecule has 0 amide bonds. The summed E-state index contributed by atoms with van der Waals surface area (Å²) in [5.74, 6) is -1.59. The van der Waals surface area contributed by atoms with E-state index < -0.39 is 11.6 Å². The van der Waals surface area contributed by atoms with Crippen LogP contribution in [0.25, 0.3) is 9.40 Å². The second-order valence-electron chi connectivity index (χ2n) is 4.16. The summed E-state index contributed by atoms with van der Waals surface area (Å²) >= 11 is 3.26. The van der Waals surface area contributed by atoms with E-state index in [0.29, 0.717) is 5.56 Å². The van der Waals surface area contributed by atoms with E-state index in [0.717, 1.165) is 10.9 Å². The average molecular weight is 295 g/mol. The molecular weight excluding hydrogens is 284 g/mol. The van der Waals surface area contributed by atoms with Gasteiger partial charge in [-0.15, -0.1) is 22.7 Å². The number of rotatable bonds is 3. The van der Waals surface area contributed by atoms with Crippen molar-refractivity contribution < 1.29 is 8.78 Å². The van der Waals surface area contributed by atoms with E-state index in [1.54, 1.807) is 35.8 Å². The Hall–Kier alpha value is -1.30. The molecule has 1 unspecified atom stereocenters. The molecule has 98 valence electrons. The van der Waals surface area contributed by atoms with E-state index in [9.17, 15) is 8.78 Å². The van der Waals surface area contributed by atoms with Crippen molar-refractivity contribution in [2.45, 2.75) is 6.04 Å². The minimum Gasteiger partial charge on any atom is -0.309 e. The Bertz CT molecular complexity index is 689. The van der Waals surface area contributed by atoms with Gasteiger partial charge in [-0.3, -0.25) is 0 Å². The summed E-state index contributed by atoms with van der Waals surface area (Å²) in [7, 11) is 1.75. The van der Waals surface area contributed by atoms with Gasteiger partial charge in [-0.1, -0.05) is 12.1 Å². The van der Waals surface area contributed by atoms with Crippen LogP contribution in [-0.4, -0.2) is 7.05 Å². The number of nitrogens with one attached hydrogen (secondary N) is 1. The third-order valence-corrected chi connectivity index (χ3v) is 5.18. The van der Waals surface area contributed by atoms with Crippen LogP contribution in [0.4, 0.5) is 8.78 Å². The van der Waals surface area contributed by atoms with Crippen LogP contribution < -0.4 is 5.32 Å². The zero-order valence-corrected chi connectivity index (χ0v) is 11.7. The van der Waals surface area contributed by atoms with Gasteiger partial charge in [0.2, 0.25) is 0 Å². The summed E-state index contributed by atoms with van der Waals surface area (Å²) in [6, 6.07) is 8.05. The van der Waals surface area contributed by atoms with Crippen molar-refractivity contribution in [3.8, 4) is 0 Å². The molecule has 0 radical (unpaired) electrons. The highest BCUT2D eigenvalue weighted by molar-refractivity contribution is 7.27. The van der Waals surface area contributed by atoms with Crippen molar-refractivity contribution in [2.24, 2.45) is 0 Å². The number of hydrogen-bond donors (Lipinski definition) is 1. The van der Waals surface area contributed by atoms with Crippen molar-refractivity contribution in [1.82, 2.24) is 5.32 Å². The van der Waals surface area contributed by atoms with Crippen molar-refractivity contribution >= 4 is 32.1 Å². The Labute approximate surface area is 117 Å². The van der Waals surface area contributed by atoms with Gasteiger partial charge >= 0.3 is 0 Å². The maximum Gasteiger partial charge on any atom is 0.163 e. The Morgan fingerprint density at radius 3 is 2.74 bits per heavy atom. The summed E-state index contributed by atoms with van der Waals surface area (Å²) in [6.07, 6.45) is 0. The summed E-state index contributed by atoms with van der Waals surface area (Å²) in [6.45, 7) is 0. The predicted octanol–water partition coefficient (Wildman–Crippen LogP) is 4.55. The van der Waals surface area contributed by atoms with Crippen LogP contribution in [0.2, 0.25) is 0 Å². The molecule has 0 bridgehead atoms. The lowest BCUT2D eigenvalue weighted by atomic mass is 10.0. The topological polar surface area (TPSA) is 12.0 Å². The lowest BCUT2D eigenvalue weighted by Gasteiger charge is -2.15. The molecule has 2 aromatic heterocycles. The molecule has 2 heterocycles.